The standard InChI is InChI=1S/C9H9Cl2NO/c10-9(11,6-8(12)13)7-4-2-1-3-5-7/h1-5H,6H2,(H2,12,13). The van der Waals surface area contributed by atoms with Gasteiger partial charge in [0.25, 0.3) is 0 Å². The van der Waals surface area contributed by atoms with E-state index < -0.39 is 10.2 Å². The molecular weight excluding hydrogens is 209 g/mol. The Hall–Kier alpha value is -0.730. The fourth-order valence-electron chi connectivity index (χ4n) is 1.00. The Kier molecular flexibility index (Phi) is 3.17. The predicted molar refractivity (Wildman–Crippen MR) is 53.6 cm³/mol. The van der Waals surface area contributed by atoms with Crippen LogP contribution in [-0.2, 0) is 9.13 Å². The van der Waals surface area contributed by atoms with Crippen molar-refractivity contribution in [3.8, 4) is 0 Å². The minimum atomic E-state index is -1.22. The molecule has 0 aliphatic carbocycles. The van der Waals surface area contributed by atoms with Crippen LogP contribution in [-0.4, -0.2) is 5.91 Å². The van der Waals surface area contributed by atoms with Crippen LogP contribution >= 0.6 is 23.2 Å². The van der Waals surface area contributed by atoms with Crippen molar-refractivity contribution in [1.29, 1.82) is 0 Å². The normalized spacial score (nSPS) is 11.2. The molecule has 0 radical (unpaired) electrons. The summed E-state index contributed by atoms with van der Waals surface area (Å²) in [5, 5.41) is 0. The van der Waals surface area contributed by atoms with Crippen molar-refractivity contribution in [3.05, 3.63) is 35.9 Å². The Bertz CT molecular complexity index is 298. The monoisotopic (exact) mass is 217 g/mol. The van der Waals surface area contributed by atoms with E-state index in [2.05, 4.69) is 0 Å². The molecule has 0 aliphatic heterocycles. The highest BCUT2D eigenvalue weighted by atomic mass is 35.5. The third-order valence-corrected chi connectivity index (χ3v) is 2.30. The van der Waals surface area contributed by atoms with Crippen LogP contribution in [0.4, 0.5) is 0 Å². The molecule has 0 aliphatic rings. The van der Waals surface area contributed by atoms with Crippen molar-refractivity contribution in [2.24, 2.45) is 5.73 Å². The lowest BCUT2D eigenvalue weighted by Crippen LogP contribution is -2.21. The molecule has 70 valence electrons. The van der Waals surface area contributed by atoms with Crippen molar-refractivity contribution >= 4 is 29.1 Å². The van der Waals surface area contributed by atoms with E-state index in [4.69, 9.17) is 28.9 Å². The summed E-state index contributed by atoms with van der Waals surface area (Å²) in [5.74, 6) is -0.520. The summed E-state index contributed by atoms with van der Waals surface area (Å²) in [5.41, 5.74) is 5.69. The van der Waals surface area contributed by atoms with Gasteiger partial charge in [-0.1, -0.05) is 53.5 Å². The minimum absolute atomic E-state index is 0.0832. The summed E-state index contributed by atoms with van der Waals surface area (Å²) in [6.07, 6.45) is -0.0832. The Morgan fingerprint density at radius 1 is 1.31 bits per heavy atom. The van der Waals surface area contributed by atoms with Gasteiger partial charge in [-0.3, -0.25) is 4.79 Å². The molecule has 0 atom stereocenters. The van der Waals surface area contributed by atoms with Gasteiger partial charge in [-0.2, -0.15) is 0 Å². The largest absolute Gasteiger partial charge is 0.370 e. The van der Waals surface area contributed by atoms with E-state index in [1.54, 1.807) is 24.3 Å². The number of primary amides is 1. The van der Waals surface area contributed by atoms with E-state index in [0.29, 0.717) is 5.56 Å². The van der Waals surface area contributed by atoms with Gasteiger partial charge in [0.1, 0.15) is 0 Å². The smallest absolute Gasteiger partial charge is 0.220 e. The fraction of sp³-hybridized carbons (Fsp3) is 0.222. The van der Waals surface area contributed by atoms with Gasteiger partial charge in [0, 0.05) is 0 Å². The average molecular weight is 218 g/mol. The van der Waals surface area contributed by atoms with Crippen LogP contribution < -0.4 is 5.73 Å². The molecule has 1 aromatic rings. The van der Waals surface area contributed by atoms with Crippen molar-refractivity contribution in [3.63, 3.8) is 0 Å². The number of carbonyl (C=O) groups is 1. The zero-order chi connectivity index (χ0) is 9.90. The molecule has 1 rings (SSSR count). The molecule has 0 saturated carbocycles. The molecule has 4 heteroatoms. The van der Waals surface area contributed by atoms with Gasteiger partial charge < -0.3 is 5.73 Å². The van der Waals surface area contributed by atoms with Crippen molar-refractivity contribution in [2.75, 3.05) is 0 Å². The highest BCUT2D eigenvalue weighted by molar-refractivity contribution is 6.48. The summed E-state index contributed by atoms with van der Waals surface area (Å²) in [4.78, 5) is 10.6. The fourth-order valence-corrected chi connectivity index (χ4v) is 1.52. The Morgan fingerprint density at radius 2 is 1.85 bits per heavy atom. The number of rotatable bonds is 3. The number of benzene rings is 1. The highest BCUT2D eigenvalue weighted by Crippen LogP contribution is 2.36. The number of alkyl halides is 2. The lowest BCUT2D eigenvalue weighted by molar-refractivity contribution is -0.118. The third-order valence-electron chi connectivity index (χ3n) is 1.59. The van der Waals surface area contributed by atoms with Crippen LogP contribution in [0, 0.1) is 0 Å². The first-order valence-electron chi connectivity index (χ1n) is 3.74. The summed E-state index contributed by atoms with van der Waals surface area (Å²) >= 11 is 11.8. The number of nitrogens with two attached hydrogens (primary N) is 1. The molecule has 13 heavy (non-hydrogen) atoms. The van der Waals surface area contributed by atoms with Crippen LogP contribution in [0.2, 0.25) is 0 Å². The molecule has 0 saturated heterocycles. The minimum Gasteiger partial charge on any atom is -0.370 e. The van der Waals surface area contributed by atoms with E-state index >= 15 is 0 Å². The van der Waals surface area contributed by atoms with Gasteiger partial charge in [0.2, 0.25) is 5.91 Å². The highest BCUT2D eigenvalue weighted by Gasteiger charge is 2.28. The summed E-state index contributed by atoms with van der Waals surface area (Å²) < 4.78 is -1.22. The van der Waals surface area contributed by atoms with Gasteiger partial charge in [-0.25, -0.2) is 0 Å². The van der Waals surface area contributed by atoms with Gasteiger partial charge in [0.05, 0.1) is 6.42 Å². The maximum absolute atomic E-state index is 10.6. The third kappa shape index (κ3) is 2.90. The molecule has 0 aromatic heterocycles. The summed E-state index contributed by atoms with van der Waals surface area (Å²) in [6.45, 7) is 0. The van der Waals surface area contributed by atoms with E-state index in [9.17, 15) is 4.79 Å². The van der Waals surface area contributed by atoms with Gasteiger partial charge in [-0.05, 0) is 5.56 Å². The second kappa shape index (κ2) is 3.99. The van der Waals surface area contributed by atoms with Crippen molar-refractivity contribution in [1.82, 2.24) is 0 Å². The lowest BCUT2D eigenvalue weighted by atomic mass is 10.1. The lowest BCUT2D eigenvalue weighted by Gasteiger charge is -2.17. The van der Waals surface area contributed by atoms with Gasteiger partial charge in [-0.15, -0.1) is 0 Å². The molecule has 0 fully saturated rings. The van der Waals surface area contributed by atoms with Gasteiger partial charge >= 0.3 is 0 Å². The van der Waals surface area contributed by atoms with E-state index in [1.165, 1.54) is 0 Å². The number of amides is 1. The first-order chi connectivity index (χ1) is 6.02. The Morgan fingerprint density at radius 3 is 2.31 bits per heavy atom. The molecule has 0 heterocycles. The maximum Gasteiger partial charge on any atom is 0.220 e. The second-order valence-corrected chi connectivity index (χ2v) is 4.20. The first kappa shape index (κ1) is 10.4. The van der Waals surface area contributed by atoms with E-state index in [1.807, 2.05) is 6.07 Å². The Labute approximate surface area is 86.6 Å². The maximum atomic E-state index is 10.6. The summed E-state index contributed by atoms with van der Waals surface area (Å²) in [6, 6.07) is 8.95. The molecule has 2 N–H and O–H groups in total. The number of hydrogen-bond acceptors (Lipinski definition) is 1. The van der Waals surface area contributed by atoms with E-state index in [-0.39, 0.29) is 6.42 Å². The molecule has 2 nitrogen and oxygen atoms in total. The molecular formula is C9H9Cl2NO. The molecule has 0 unspecified atom stereocenters. The number of halogens is 2. The molecule has 1 aromatic carbocycles. The van der Waals surface area contributed by atoms with Crippen LogP contribution in [0.25, 0.3) is 0 Å². The SMILES string of the molecule is NC(=O)CC(Cl)(Cl)c1ccccc1. The van der Waals surface area contributed by atoms with E-state index in [0.717, 1.165) is 0 Å². The topological polar surface area (TPSA) is 43.1 Å². The molecule has 0 spiro atoms. The zero-order valence-corrected chi connectivity index (χ0v) is 8.35. The first-order valence-corrected chi connectivity index (χ1v) is 4.49. The van der Waals surface area contributed by atoms with Gasteiger partial charge in [0.15, 0.2) is 4.33 Å². The second-order valence-electron chi connectivity index (χ2n) is 2.71. The van der Waals surface area contributed by atoms with Crippen molar-refractivity contribution < 1.29 is 4.79 Å². The number of hydrogen-bond donors (Lipinski definition) is 1. The van der Waals surface area contributed by atoms with Crippen molar-refractivity contribution in [2.45, 2.75) is 10.8 Å². The summed E-state index contributed by atoms with van der Waals surface area (Å²) in [7, 11) is 0. The van der Waals surface area contributed by atoms with Crippen LogP contribution in [0.3, 0.4) is 0 Å². The zero-order valence-electron chi connectivity index (χ0n) is 6.84. The number of carbonyl (C=O) groups excluding carboxylic acids is 1. The average Bonchev–Trinajstić information content (AvgIpc) is 2.04. The molecule has 1 amide bonds. The quantitative estimate of drug-likeness (QED) is 0.776. The van der Waals surface area contributed by atoms with Crippen LogP contribution in [0.15, 0.2) is 30.3 Å². The predicted octanol–water partition coefficient (Wildman–Crippen LogP) is 2.19. The van der Waals surface area contributed by atoms with Crippen LogP contribution in [0.1, 0.15) is 12.0 Å². The molecule has 0 bridgehead atoms. The Balaban J connectivity index is 2.87. The van der Waals surface area contributed by atoms with Crippen LogP contribution in [0.5, 0.6) is 0 Å².